The van der Waals surface area contributed by atoms with Gasteiger partial charge >= 0.3 is 11.0 Å². The molecular formula is C28H19F3N2O4S2. The number of rotatable bonds is 5. The predicted molar refractivity (Wildman–Crippen MR) is 141 cm³/mol. The number of thioether (sulfide) groups is 1. The number of alkyl halides is 3. The highest BCUT2D eigenvalue weighted by molar-refractivity contribution is 8.00. The number of benzene rings is 3. The Morgan fingerprint density at radius 1 is 0.897 bits per heavy atom. The third-order valence-corrected chi connectivity index (χ3v) is 9.12. The lowest BCUT2D eigenvalue weighted by atomic mass is 9.83. The van der Waals surface area contributed by atoms with Crippen molar-refractivity contribution in [2.24, 2.45) is 5.92 Å². The summed E-state index contributed by atoms with van der Waals surface area (Å²) in [4.78, 5) is 43.5. The van der Waals surface area contributed by atoms with E-state index in [1.807, 2.05) is 30.3 Å². The largest absolute Gasteiger partial charge is 0.489 e. The fourth-order valence-electron chi connectivity index (χ4n) is 4.99. The summed E-state index contributed by atoms with van der Waals surface area (Å²) in [6.07, 6.45) is -4.63. The fraction of sp³-hybridized carbons (Fsp3) is 0.179. The Bertz CT molecular complexity index is 1630. The zero-order chi connectivity index (χ0) is 27.3. The van der Waals surface area contributed by atoms with Crippen molar-refractivity contribution in [3.8, 4) is 5.75 Å². The predicted octanol–water partition coefficient (Wildman–Crippen LogP) is 5.83. The van der Waals surface area contributed by atoms with E-state index in [4.69, 9.17) is 4.74 Å². The molecule has 0 unspecified atom stereocenters. The van der Waals surface area contributed by atoms with Gasteiger partial charge in [-0.1, -0.05) is 71.6 Å². The van der Waals surface area contributed by atoms with Gasteiger partial charge in [-0.2, -0.15) is 13.2 Å². The number of amides is 2. The highest BCUT2D eigenvalue weighted by atomic mass is 32.2. The van der Waals surface area contributed by atoms with Crippen molar-refractivity contribution in [1.82, 2.24) is 4.98 Å². The van der Waals surface area contributed by atoms with Gasteiger partial charge in [-0.15, -0.1) is 0 Å². The fourth-order valence-corrected chi connectivity index (χ4v) is 7.51. The molecule has 4 aromatic rings. The molecule has 0 bridgehead atoms. The standard InChI is InChI=1S/C28H19F3N2O4S2/c29-28(30,31)17-9-5-10-18(13-17)33-25(34)21-20(22-24(32-27(36)39-22)38-23(21)26(33)35)16-8-4-11-19(12-16)37-14-15-6-2-1-3-7-15/h1-13,20-21,23H,14H2,(H,32,36)/t20-,21-,23+/m0/s1. The molecule has 0 spiro atoms. The van der Waals surface area contributed by atoms with E-state index in [9.17, 15) is 27.6 Å². The molecule has 2 aliphatic rings. The van der Waals surface area contributed by atoms with Crippen molar-refractivity contribution in [2.45, 2.75) is 29.0 Å². The molecule has 3 aromatic carbocycles. The van der Waals surface area contributed by atoms with Crippen LogP contribution in [0.3, 0.4) is 0 Å². The molecule has 11 heteroatoms. The van der Waals surface area contributed by atoms with E-state index in [1.54, 1.807) is 24.3 Å². The maximum atomic E-state index is 13.8. The van der Waals surface area contributed by atoms with E-state index in [-0.39, 0.29) is 10.6 Å². The van der Waals surface area contributed by atoms with Gasteiger partial charge in [0.05, 0.1) is 22.2 Å². The Morgan fingerprint density at radius 3 is 2.44 bits per heavy atom. The molecule has 1 N–H and O–H groups in total. The van der Waals surface area contributed by atoms with Crippen LogP contribution in [0.5, 0.6) is 5.75 Å². The lowest BCUT2D eigenvalue weighted by Gasteiger charge is -2.30. The van der Waals surface area contributed by atoms with Gasteiger partial charge in [0.25, 0.3) is 0 Å². The van der Waals surface area contributed by atoms with Crippen LogP contribution in [0.1, 0.15) is 27.5 Å². The van der Waals surface area contributed by atoms with Crippen molar-refractivity contribution < 1.29 is 27.5 Å². The summed E-state index contributed by atoms with van der Waals surface area (Å²) in [6.45, 7) is 0.320. The molecule has 0 aliphatic carbocycles. The molecule has 0 radical (unpaired) electrons. The van der Waals surface area contributed by atoms with Crippen LogP contribution in [0.4, 0.5) is 18.9 Å². The number of nitrogens with one attached hydrogen (secondary N) is 1. The Balaban J connectivity index is 1.38. The third-order valence-electron chi connectivity index (χ3n) is 6.72. The van der Waals surface area contributed by atoms with Gasteiger partial charge in [0.1, 0.15) is 17.6 Å². The Labute approximate surface area is 228 Å². The number of imide groups is 1. The molecule has 3 heterocycles. The van der Waals surface area contributed by atoms with Gasteiger partial charge in [-0.05, 0) is 41.5 Å². The number of halogens is 3. The summed E-state index contributed by atoms with van der Waals surface area (Å²) in [6, 6.07) is 20.9. The summed E-state index contributed by atoms with van der Waals surface area (Å²) in [5.41, 5.74) is 0.549. The lowest BCUT2D eigenvalue weighted by molar-refractivity contribution is -0.137. The van der Waals surface area contributed by atoms with E-state index < -0.39 is 40.6 Å². The maximum absolute atomic E-state index is 13.8. The minimum absolute atomic E-state index is 0.134. The number of fused-ring (bicyclic) bond motifs is 2. The number of aromatic amines is 1. The second-order valence-corrected chi connectivity index (χ2v) is 11.3. The second-order valence-electron chi connectivity index (χ2n) is 9.16. The highest BCUT2D eigenvalue weighted by Gasteiger charge is 2.56. The topological polar surface area (TPSA) is 79.5 Å². The third kappa shape index (κ3) is 4.65. The van der Waals surface area contributed by atoms with Crippen molar-refractivity contribution in [3.63, 3.8) is 0 Å². The van der Waals surface area contributed by atoms with Crippen molar-refractivity contribution in [3.05, 3.63) is 110 Å². The highest BCUT2D eigenvalue weighted by Crippen LogP contribution is 2.53. The summed E-state index contributed by atoms with van der Waals surface area (Å²) in [5.74, 6) is -2.26. The van der Waals surface area contributed by atoms with E-state index in [1.165, 1.54) is 12.1 Å². The number of hydrogen-bond acceptors (Lipinski definition) is 6. The van der Waals surface area contributed by atoms with Crippen LogP contribution in [0.2, 0.25) is 0 Å². The number of carbonyl (C=O) groups excluding carboxylic acids is 2. The lowest BCUT2D eigenvalue weighted by Crippen LogP contribution is -2.32. The molecule has 1 fully saturated rings. The number of hydrogen-bond donors (Lipinski definition) is 1. The van der Waals surface area contributed by atoms with Gasteiger partial charge in [0.15, 0.2) is 0 Å². The summed E-state index contributed by atoms with van der Waals surface area (Å²) in [7, 11) is 0. The first-order valence-corrected chi connectivity index (χ1v) is 13.6. The number of thiazole rings is 1. The van der Waals surface area contributed by atoms with Gasteiger partial charge in [0.2, 0.25) is 11.8 Å². The number of aromatic nitrogens is 1. The van der Waals surface area contributed by atoms with Crippen LogP contribution in [0, 0.1) is 5.92 Å². The van der Waals surface area contributed by atoms with Crippen LogP contribution < -0.4 is 14.5 Å². The van der Waals surface area contributed by atoms with Gasteiger partial charge in [-0.3, -0.25) is 14.4 Å². The van der Waals surface area contributed by atoms with Crippen LogP contribution in [-0.4, -0.2) is 22.0 Å². The Hall–Kier alpha value is -3.83. The van der Waals surface area contributed by atoms with E-state index in [0.29, 0.717) is 27.8 Å². The molecule has 39 heavy (non-hydrogen) atoms. The normalized spacial score (nSPS) is 20.6. The van der Waals surface area contributed by atoms with Crippen molar-refractivity contribution in [1.29, 1.82) is 0 Å². The SMILES string of the molecule is O=C1[C@H]2[C@H](c3cccc(OCc4ccccc4)c3)c3sc(=O)[nH]c3S[C@H]2C(=O)N1c1cccc(C(F)(F)F)c1. The molecule has 0 saturated carbocycles. The van der Waals surface area contributed by atoms with E-state index >= 15 is 0 Å². The summed E-state index contributed by atoms with van der Waals surface area (Å²) >= 11 is 2.03. The van der Waals surface area contributed by atoms with Crippen LogP contribution in [-0.2, 0) is 22.4 Å². The van der Waals surface area contributed by atoms with Crippen molar-refractivity contribution >= 4 is 40.6 Å². The molecule has 6 rings (SSSR count). The minimum Gasteiger partial charge on any atom is -0.489 e. The summed E-state index contributed by atoms with van der Waals surface area (Å²) in [5, 5.41) is -0.428. The Morgan fingerprint density at radius 2 is 1.67 bits per heavy atom. The second kappa shape index (κ2) is 9.73. The van der Waals surface area contributed by atoms with Gasteiger partial charge in [0, 0.05) is 10.8 Å². The average molecular weight is 569 g/mol. The Kier molecular flexibility index (Phi) is 6.35. The van der Waals surface area contributed by atoms with Crippen LogP contribution in [0.15, 0.2) is 88.7 Å². The number of H-pyrrole nitrogens is 1. The summed E-state index contributed by atoms with van der Waals surface area (Å²) < 4.78 is 46.1. The number of carbonyl (C=O) groups is 2. The first-order chi connectivity index (χ1) is 18.7. The zero-order valence-corrected chi connectivity index (χ0v) is 21.6. The number of ether oxygens (including phenoxy) is 1. The monoisotopic (exact) mass is 568 g/mol. The first kappa shape index (κ1) is 25.4. The molecule has 2 aliphatic heterocycles. The van der Waals surface area contributed by atoms with Gasteiger partial charge in [-0.25, -0.2) is 4.90 Å². The molecule has 1 saturated heterocycles. The molecule has 1 aromatic heterocycles. The quantitative estimate of drug-likeness (QED) is 0.307. The number of anilines is 1. The average Bonchev–Trinajstić information content (AvgIpc) is 3.42. The van der Waals surface area contributed by atoms with Crippen LogP contribution in [0.25, 0.3) is 0 Å². The molecule has 2 amide bonds. The maximum Gasteiger partial charge on any atom is 0.416 e. The first-order valence-electron chi connectivity index (χ1n) is 11.9. The molecule has 6 nitrogen and oxygen atoms in total. The number of nitrogens with zero attached hydrogens (tertiary/aromatic N) is 1. The van der Waals surface area contributed by atoms with Crippen molar-refractivity contribution in [2.75, 3.05) is 4.90 Å². The zero-order valence-electron chi connectivity index (χ0n) is 20.0. The van der Waals surface area contributed by atoms with E-state index in [0.717, 1.165) is 45.7 Å². The minimum atomic E-state index is -4.63. The molecule has 3 atom stereocenters. The van der Waals surface area contributed by atoms with E-state index in [2.05, 4.69) is 4.98 Å². The van der Waals surface area contributed by atoms with Gasteiger partial charge < -0.3 is 9.72 Å². The smallest absolute Gasteiger partial charge is 0.416 e. The molecule has 198 valence electrons. The molecular weight excluding hydrogens is 549 g/mol. The van der Waals surface area contributed by atoms with Crippen LogP contribution >= 0.6 is 23.1 Å².